The van der Waals surface area contributed by atoms with Crippen molar-refractivity contribution in [3.05, 3.63) is 45.0 Å². The van der Waals surface area contributed by atoms with E-state index in [1.54, 1.807) is 24.3 Å². The molecule has 0 saturated carbocycles. The Bertz CT molecular complexity index is 1000. The maximum absolute atomic E-state index is 12.6. The molecule has 130 valence electrons. The van der Waals surface area contributed by atoms with Gasteiger partial charge in [-0.3, -0.25) is 14.2 Å². The lowest BCUT2D eigenvalue weighted by molar-refractivity contribution is -0.116. The second-order valence-electron chi connectivity index (χ2n) is 5.02. The van der Waals surface area contributed by atoms with Crippen molar-refractivity contribution in [3.8, 4) is 5.75 Å². The second-order valence-corrected chi connectivity index (χ2v) is 7.12. The third kappa shape index (κ3) is 3.65. The van der Waals surface area contributed by atoms with Gasteiger partial charge in [-0.15, -0.1) is 11.3 Å². The van der Waals surface area contributed by atoms with Crippen LogP contribution in [0.2, 0.25) is 5.02 Å². The van der Waals surface area contributed by atoms with Crippen LogP contribution in [-0.2, 0) is 11.3 Å². The van der Waals surface area contributed by atoms with Crippen LogP contribution in [0.3, 0.4) is 0 Å². The van der Waals surface area contributed by atoms with Crippen LogP contribution in [0.4, 0.5) is 5.69 Å². The van der Waals surface area contributed by atoms with Crippen molar-refractivity contribution in [2.45, 2.75) is 11.7 Å². The Kier molecular flexibility index (Phi) is 5.31. The molecule has 3 rings (SSSR count). The van der Waals surface area contributed by atoms with E-state index in [2.05, 4.69) is 10.3 Å². The normalized spacial score (nSPS) is 10.8. The number of benzene rings is 1. The number of anilines is 1. The Balaban J connectivity index is 1.85. The van der Waals surface area contributed by atoms with Gasteiger partial charge in [-0.1, -0.05) is 23.4 Å². The lowest BCUT2D eigenvalue weighted by Crippen LogP contribution is -2.29. The standard InChI is InChI=1S/C16H14ClN3O3S2/c1-23-12-4-3-9(7-10(12)17)18-13(21)8-20-15(22)14-11(5-6-25-14)19-16(20)24-2/h3-7H,8H2,1-2H3,(H,18,21). The van der Waals surface area contributed by atoms with Gasteiger partial charge in [-0.2, -0.15) is 0 Å². The average Bonchev–Trinajstić information content (AvgIpc) is 3.06. The van der Waals surface area contributed by atoms with Crippen molar-refractivity contribution in [2.75, 3.05) is 18.7 Å². The molecule has 3 aromatic rings. The maximum atomic E-state index is 12.6. The number of methoxy groups -OCH3 is 1. The van der Waals surface area contributed by atoms with E-state index >= 15 is 0 Å². The summed E-state index contributed by atoms with van der Waals surface area (Å²) in [6, 6.07) is 6.74. The van der Waals surface area contributed by atoms with Crippen molar-refractivity contribution in [1.82, 2.24) is 9.55 Å². The highest BCUT2D eigenvalue weighted by atomic mass is 35.5. The summed E-state index contributed by atoms with van der Waals surface area (Å²) in [6.07, 6.45) is 1.82. The number of nitrogens with one attached hydrogen (secondary N) is 1. The maximum Gasteiger partial charge on any atom is 0.272 e. The van der Waals surface area contributed by atoms with E-state index in [9.17, 15) is 9.59 Å². The fourth-order valence-corrected chi connectivity index (χ4v) is 3.90. The molecule has 6 nitrogen and oxygen atoms in total. The van der Waals surface area contributed by atoms with Crippen molar-refractivity contribution in [3.63, 3.8) is 0 Å². The number of ether oxygens (including phenoxy) is 1. The van der Waals surface area contributed by atoms with Gasteiger partial charge >= 0.3 is 0 Å². The zero-order valence-corrected chi connectivity index (χ0v) is 15.8. The molecule has 25 heavy (non-hydrogen) atoms. The van der Waals surface area contributed by atoms with Crippen LogP contribution in [0.1, 0.15) is 0 Å². The van der Waals surface area contributed by atoms with Gasteiger partial charge in [0.05, 0.1) is 17.6 Å². The van der Waals surface area contributed by atoms with Gasteiger partial charge < -0.3 is 10.1 Å². The minimum Gasteiger partial charge on any atom is -0.495 e. The van der Waals surface area contributed by atoms with E-state index in [0.717, 1.165) is 0 Å². The number of fused-ring (bicyclic) bond motifs is 1. The molecule has 0 aliphatic carbocycles. The number of rotatable bonds is 5. The van der Waals surface area contributed by atoms with Gasteiger partial charge in [0.1, 0.15) is 17.0 Å². The summed E-state index contributed by atoms with van der Waals surface area (Å²) in [5.74, 6) is 0.184. The molecule has 0 aliphatic rings. The van der Waals surface area contributed by atoms with E-state index in [0.29, 0.717) is 31.8 Å². The number of halogens is 1. The molecule has 1 aromatic carbocycles. The monoisotopic (exact) mass is 395 g/mol. The number of carbonyl (C=O) groups excluding carboxylic acids is 1. The van der Waals surface area contributed by atoms with E-state index in [1.807, 2.05) is 11.6 Å². The lowest BCUT2D eigenvalue weighted by atomic mass is 10.3. The highest BCUT2D eigenvalue weighted by Crippen LogP contribution is 2.27. The summed E-state index contributed by atoms with van der Waals surface area (Å²) >= 11 is 8.69. The molecule has 0 unspecified atom stereocenters. The second kappa shape index (κ2) is 7.47. The van der Waals surface area contributed by atoms with Crippen LogP contribution >= 0.6 is 34.7 Å². The number of thioether (sulfide) groups is 1. The minimum atomic E-state index is -0.337. The SMILES string of the molecule is COc1ccc(NC(=O)Cn2c(SC)nc3ccsc3c2=O)cc1Cl. The Hall–Kier alpha value is -2.03. The molecule has 0 radical (unpaired) electrons. The van der Waals surface area contributed by atoms with Crippen molar-refractivity contribution < 1.29 is 9.53 Å². The van der Waals surface area contributed by atoms with Crippen LogP contribution in [-0.4, -0.2) is 28.8 Å². The Labute approximate surface area is 156 Å². The van der Waals surface area contributed by atoms with Crippen LogP contribution in [0, 0.1) is 0 Å². The number of aromatic nitrogens is 2. The van der Waals surface area contributed by atoms with E-state index in [-0.39, 0.29) is 18.0 Å². The number of amides is 1. The van der Waals surface area contributed by atoms with Crippen molar-refractivity contribution in [1.29, 1.82) is 0 Å². The van der Waals surface area contributed by atoms with E-state index in [4.69, 9.17) is 16.3 Å². The molecule has 1 amide bonds. The van der Waals surface area contributed by atoms with Gasteiger partial charge in [0.2, 0.25) is 5.91 Å². The highest BCUT2D eigenvalue weighted by Gasteiger charge is 2.15. The molecule has 0 fully saturated rings. The Morgan fingerprint density at radius 2 is 2.24 bits per heavy atom. The quantitative estimate of drug-likeness (QED) is 0.529. The van der Waals surface area contributed by atoms with Gasteiger partial charge in [0, 0.05) is 5.69 Å². The molecular formula is C16H14ClN3O3S2. The van der Waals surface area contributed by atoms with Gasteiger partial charge in [0.15, 0.2) is 5.16 Å². The smallest absolute Gasteiger partial charge is 0.272 e. The van der Waals surface area contributed by atoms with E-state index < -0.39 is 0 Å². The first-order valence-corrected chi connectivity index (χ1v) is 9.67. The zero-order chi connectivity index (χ0) is 18.0. The van der Waals surface area contributed by atoms with Crippen LogP contribution in [0.25, 0.3) is 10.2 Å². The summed E-state index contributed by atoms with van der Waals surface area (Å²) in [6.45, 7) is -0.126. The molecule has 0 bridgehead atoms. The number of carbonyl (C=O) groups is 1. The third-order valence-electron chi connectivity index (χ3n) is 3.45. The van der Waals surface area contributed by atoms with Gasteiger partial charge in [-0.25, -0.2) is 4.98 Å². The molecule has 9 heteroatoms. The molecule has 0 saturated heterocycles. The summed E-state index contributed by atoms with van der Waals surface area (Å²) in [7, 11) is 1.52. The van der Waals surface area contributed by atoms with Gasteiger partial charge in [-0.05, 0) is 35.9 Å². The van der Waals surface area contributed by atoms with Crippen molar-refractivity contribution >= 4 is 56.5 Å². The average molecular weight is 396 g/mol. The van der Waals surface area contributed by atoms with Gasteiger partial charge in [0.25, 0.3) is 5.56 Å². The molecule has 0 spiro atoms. The summed E-state index contributed by atoms with van der Waals surface area (Å²) in [5, 5.41) is 5.43. The predicted molar refractivity (Wildman–Crippen MR) is 102 cm³/mol. The van der Waals surface area contributed by atoms with E-state index in [1.165, 1.54) is 34.8 Å². The third-order valence-corrected chi connectivity index (χ3v) is 5.31. The fourth-order valence-electron chi connectivity index (χ4n) is 2.31. The number of thiophene rings is 1. The van der Waals surface area contributed by atoms with Crippen LogP contribution in [0.15, 0.2) is 39.6 Å². The van der Waals surface area contributed by atoms with Crippen LogP contribution < -0.4 is 15.6 Å². The molecule has 1 N–H and O–H groups in total. The topological polar surface area (TPSA) is 73.2 Å². The Morgan fingerprint density at radius 3 is 2.92 bits per heavy atom. The highest BCUT2D eigenvalue weighted by molar-refractivity contribution is 7.98. The Morgan fingerprint density at radius 1 is 1.44 bits per heavy atom. The summed E-state index contributed by atoms with van der Waals surface area (Å²) in [5.41, 5.74) is 0.963. The first-order valence-electron chi connectivity index (χ1n) is 7.19. The summed E-state index contributed by atoms with van der Waals surface area (Å²) in [4.78, 5) is 29.4. The molecule has 2 aromatic heterocycles. The number of hydrogen-bond donors (Lipinski definition) is 1. The number of nitrogens with zero attached hydrogens (tertiary/aromatic N) is 2. The lowest BCUT2D eigenvalue weighted by Gasteiger charge is -2.11. The number of hydrogen-bond acceptors (Lipinski definition) is 6. The largest absolute Gasteiger partial charge is 0.495 e. The molecular weight excluding hydrogens is 382 g/mol. The zero-order valence-electron chi connectivity index (χ0n) is 13.4. The molecule has 0 aliphatic heterocycles. The predicted octanol–water partition coefficient (Wildman–Crippen LogP) is 3.48. The van der Waals surface area contributed by atoms with Crippen LogP contribution in [0.5, 0.6) is 5.75 Å². The first kappa shape index (κ1) is 17.8. The first-order chi connectivity index (χ1) is 12.0. The molecule has 2 heterocycles. The van der Waals surface area contributed by atoms with Crippen molar-refractivity contribution in [2.24, 2.45) is 0 Å². The molecule has 0 atom stereocenters. The summed E-state index contributed by atoms with van der Waals surface area (Å²) < 4.78 is 7.00. The minimum absolute atomic E-state index is 0.126. The fraction of sp³-hybridized carbons (Fsp3) is 0.188.